The topological polar surface area (TPSA) is 37.8 Å². The zero-order chi connectivity index (χ0) is 12.4. The van der Waals surface area contributed by atoms with Crippen LogP contribution in [-0.2, 0) is 0 Å². The summed E-state index contributed by atoms with van der Waals surface area (Å²) in [4.78, 5) is 7.92. The summed E-state index contributed by atoms with van der Waals surface area (Å²) < 4.78 is 27.5. The molecule has 1 aromatic carbocycles. The van der Waals surface area contributed by atoms with Crippen molar-refractivity contribution >= 4 is 50.2 Å². The number of nitrogens with one attached hydrogen (secondary N) is 1. The Morgan fingerprint density at radius 2 is 1.76 bits per heavy atom. The van der Waals surface area contributed by atoms with Crippen LogP contribution < -0.4 is 5.32 Å². The van der Waals surface area contributed by atoms with Gasteiger partial charge in [0.25, 0.3) is 0 Å². The number of aromatic nitrogens is 2. The molecule has 7 heteroatoms. The van der Waals surface area contributed by atoms with Gasteiger partial charge in [-0.05, 0) is 44.6 Å². The minimum atomic E-state index is -0.701. The van der Waals surface area contributed by atoms with Crippen molar-refractivity contribution in [2.24, 2.45) is 0 Å². The first-order chi connectivity index (χ1) is 8.06. The summed E-state index contributed by atoms with van der Waals surface area (Å²) in [5, 5.41) is 2.67. The molecule has 17 heavy (non-hydrogen) atoms. The molecule has 0 spiro atoms. The van der Waals surface area contributed by atoms with Crippen molar-refractivity contribution in [2.75, 3.05) is 5.32 Å². The minimum absolute atomic E-state index is 0.111. The molecule has 1 aromatic heterocycles. The Morgan fingerprint density at radius 1 is 1.12 bits per heavy atom. The number of hydrogen-bond acceptors (Lipinski definition) is 3. The van der Waals surface area contributed by atoms with Gasteiger partial charge in [0.15, 0.2) is 0 Å². The first-order valence-electron chi connectivity index (χ1n) is 4.45. The van der Waals surface area contributed by atoms with Crippen molar-refractivity contribution < 1.29 is 8.78 Å². The van der Waals surface area contributed by atoms with Gasteiger partial charge in [0.05, 0.1) is 10.2 Å². The largest absolute Gasteiger partial charge is 0.322 e. The molecule has 0 fully saturated rings. The fourth-order valence-electron chi connectivity index (χ4n) is 1.12. The van der Waals surface area contributed by atoms with Crippen LogP contribution in [0.3, 0.4) is 0 Å². The van der Waals surface area contributed by atoms with E-state index in [0.29, 0.717) is 0 Å². The van der Waals surface area contributed by atoms with Crippen LogP contribution in [0.1, 0.15) is 0 Å². The number of benzene rings is 1. The van der Waals surface area contributed by atoms with E-state index in [1.54, 1.807) is 12.4 Å². The molecule has 0 aliphatic heterocycles. The zero-order valence-corrected chi connectivity index (χ0v) is 12.0. The summed E-state index contributed by atoms with van der Waals surface area (Å²) >= 11 is 5.04. The highest BCUT2D eigenvalue weighted by molar-refractivity contribution is 14.1. The molecule has 0 radical (unpaired) electrons. The normalized spacial score (nSPS) is 10.4. The van der Waals surface area contributed by atoms with Crippen LogP contribution in [-0.4, -0.2) is 9.97 Å². The summed E-state index contributed by atoms with van der Waals surface area (Å²) in [6.07, 6.45) is 3.18. The molecule has 1 heterocycles. The molecule has 0 bridgehead atoms. The van der Waals surface area contributed by atoms with Gasteiger partial charge < -0.3 is 5.32 Å². The SMILES string of the molecule is Fc1cc(F)c(Nc2ncc(I)cn2)cc1Br. The molecule has 0 amide bonds. The van der Waals surface area contributed by atoms with Crippen LogP contribution in [0.5, 0.6) is 0 Å². The molecule has 0 aliphatic rings. The van der Waals surface area contributed by atoms with Gasteiger partial charge in [-0.1, -0.05) is 0 Å². The first-order valence-corrected chi connectivity index (χ1v) is 6.32. The standard InChI is InChI=1S/C10H5BrF2IN3/c11-6-1-9(8(13)2-7(6)12)17-10-15-3-5(14)4-16-10/h1-4H,(H,15,16,17). The predicted molar refractivity (Wildman–Crippen MR) is 72.1 cm³/mol. The van der Waals surface area contributed by atoms with Gasteiger partial charge in [0, 0.05) is 22.0 Å². The van der Waals surface area contributed by atoms with Crippen molar-refractivity contribution in [3.63, 3.8) is 0 Å². The Morgan fingerprint density at radius 3 is 2.41 bits per heavy atom. The molecule has 2 rings (SSSR count). The van der Waals surface area contributed by atoms with E-state index in [9.17, 15) is 8.78 Å². The maximum Gasteiger partial charge on any atom is 0.227 e. The second kappa shape index (κ2) is 5.21. The van der Waals surface area contributed by atoms with Gasteiger partial charge in [-0.25, -0.2) is 18.7 Å². The lowest BCUT2D eigenvalue weighted by Gasteiger charge is -2.06. The summed E-state index contributed by atoms with van der Waals surface area (Å²) in [6, 6.07) is 2.09. The van der Waals surface area contributed by atoms with Crippen molar-refractivity contribution in [1.29, 1.82) is 0 Å². The van der Waals surface area contributed by atoms with Crippen molar-refractivity contribution in [3.05, 3.63) is 44.2 Å². The van der Waals surface area contributed by atoms with E-state index in [2.05, 4.69) is 53.8 Å². The van der Waals surface area contributed by atoms with Gasteiger partial charge in [-0.15, -0.1) is 0 Å². The molecular formula is C10H5BrF2IN3. The summed E-state index contributed by atoms with van der Waals surface area (Å²) in [5.41, 5.74) is 0.111. The van der Waals surface area contributed by atoms with Crippen LogP contribution >= 0.6 is 38.5 Å². The molecule has 88 valence electrons. The van der Waals surface area contributed by atoms with Gasteiger partial charge in [-0.2, -0.15) is 0 Å². The molecule has 0 atom stereocenters. The van der Waals surface area contributed by atoms with Crippen LogP contribution in [0.15, 0.2) is 29.0 Å². The molecule has 1 N–H and O–H groups in total. The molecule has 0 aliphatic carbocycles. The molecule has 0 unspecified atom stereocenters. The van der Waals surface area contributed by atoms with E-state index in [1.165, 1.54) is 6.07 Å². The van der Waals surface area contributed by atoms with Crippen LogP contribution in [0.2, 0.25) is 0 Å². The maximum atomic E-state index is 13.4. The Hall–Kier alpha value is -0.830. The van der Waals surface area contributed by atoms with E-state index in [1.807, 2.05) is 0 Å². The second-order valence-electron chi connectivity index (χ2n) is 3.10. The first kappa shape index (κ1) is 12.6. The van der Waals surface area contributed by atoms with E-state index in [4.69, 9.17) is 0 Å². The zero-order valence-electron chi connectivity index (χ0n) is 8.22. The van der Waals surface area contributed by atoms with Crippen molar-refractivity contribution in [2.45, 2.75) is 0 Å². The van der Waals surface area contributed by atoms with Gasteiger partial charge in [0.1, 0.15) is 11.6 Å². The highest BCUT2D eigenvalue weighted by atomic mass is 127. The van der Waals surface area contributed by atoms with E-state index in [0.717, 1.165) is 9.64 Å². The number of anilines is 2. The average molecular weight is 412 g/mol. The second-order valence-corrected chi connectivity index (χ2v) is 5.20. The van der Waals surface area contributed by atoms with Crippen molar-refractivity contribution in [3.8, 4) is 0 Å². The summed E-state index contributed by atoms with van der Waals surface area (Å²) in [5.74, 6) is -1.10. The van der Waals surface area contributed by atoms with Crippen LogP contribution in [0.25, 0.3) is 0 Å². The number of halogens is 4. The van der Waals surface area contributed by atoms with Crippen LogP contribution in [0, 0.1) is 15.2 Å². The van der Waals surface area contributed by atoms with Gasteiger partial charge in [-0.3, -0.25) is 0 Å². The fraction of sp³-hybridized carbons (Fsp3) is 0. The summed E-state index contributed by atoms with van der Waals surface area (Å²) in [6.45, 7) is 0. The number of nitrogens with zero attached hydrogens (tertiary/aromatic N) is 2. The third-order valence-electron chi connectivity index (χ3n) is 1.88. The monoisotopic (exact) mass is 411 g/mol. The van der Waals surface area contributed by atoms with Gasteiger partial charge >= 0.3 is 0 Å². The maximum absolute atomic E-state index is 13.4. The Balaban J connectivity index is 2.30. The third-order valence-corrected chi connectivity index (χ3v) is 3.04. The Labute approximate surface area is 118 Å². The number of hydrogen-bond donors (Lipinski definition) is 1. The Kier molecular flexibility index (Phi) is 3.87. The van der Waals surface area contributed by atoms with Crippen LogP contribution in [0.4, 0.5) is 20.4 Å². The Bertz CT molecular complexity index is 548. The van der Waals surface area contributed by atoms with E-state index < -0.39 is 11.6 Å². The average Bonchev–Trinajstić information content (AvgIpc) is 2.29. The summed E-state index contributed by atoms with van der Waals surface area (Å²) in [7, 11) is 0. The smallest absolute Gasteiger partial charge is 0.227 e. The lowest BCUT2D eigenvalue weighted by molar-refractivity contribution is 0.581. The fourth-order valence-corrected chi connectivity index (χ4v) is 1.74. The minimum Gasteiger partial charge on any atom is -0.322 e. The molecular weight excluding hydrogens is 407 g/mol. The lowest BCUT2D eigenvalue weighted by atomic mass is 10.3. The quantitative estimate of drug-likeness (QED) is 0.602. The highest BCUT2D eigenvalue weighted by Crippen LogP contribution is 2.25. The third kappa shape index (κ3) is 3.09. The molecule has 0 saturated heterocycles. The molecule has 2 aromatic rings. The highest BCUT2D eigenvalue weighted by Gasteiger charge is 2.09. The van der Waals surface area contributed by atoms with Gasteiger partial charge in [0.2, 0.25) is 5.95 Å². The molecule has 0 saturated carbocycles. The van der Waals surface area contributed by atoms with E-state index in [-0.39, 0.29) is 16.1 Å². The predicted octanol–water partition coefficient (Wildman–Crippen LogP) is 3.87. The van der Waals surface area contributed by atoms with Crippen molar-refractivity contribution in [1.82, 2.24) is 9.97 Å². The van der Waals surface area contributed by atoms with E-state index >= 15 is 0 Å². The lowest BCUT2D eigenvalue weighted by Crippen LogP contribution is -1.99. The molecule has 3 nitrogen and oxygen atoms in total. The number of rotatable bonds is 2.